The van der Waals surface area contributed by atoms with Crippen molar-refractivity contribution in [2.24, 2.45) is 0 Å². The van der Waals surface area contributed by atoms with Gasteiger partial charge in [-0.15, -0.1) is 0 Å². The van der Waals surface area contributed by atoms with E-state index in [-0.39, 0.29) is 19.4 Å². The van der Waals surface area contributed by atoms with Crippen molar-refractivity contribution in [2.75, 3.05) is 6.61 Å². The summed E-state index contributed by atoms with van der Waals surface area (Å²) in [5.41, 5.74) is 1.74. The van der Waals surface area contributed by atoms with E-state index in [1.54, 1.807) is 39.8 Å². The summed E-state index contributed by atoms with van der Waals surface area (Å²) in [6.07, 6.45) is 0.104. The summed E-state index contributed by atoms with van der Waals surface area (Å²) in [5.74, 6) is -1.41. The molecule has 0 unspecified atom stereocenters. The summed E-state index contributed by atoms with van der Waals surface area (Å²) in [6, 6.07) is 16.0. The second kappa shape index (κ2) is 10.6. The van der Waals surface area contributed by atoms with Crippen LogP contribution in [0.5, 0.6) is 0 Å². The summed E-state index contributed by atoms with van der Waals surface area (Å²) in [6.45, 7) is 7.21. The first-order valence-electron chi connectivity index (χ1n) is 10.0. The van der Waals surface area contributed by atoms with Gasteiger partial charge >= 0.3 is 11.9 Å². The highest BCUT2D eigenvalue weighted by Gasteiger charge is 2.27. The van der Waals surface area contributed by atoms with Crippen molar-refractivity contribution < 1.29 is 23.9 Å². The molecule has 0 heterocycles. The molecule has 0 saturated heterocycles. The van der Waals surface area contributed by atoms with Gasteiger partial charge in [0.2, 0.25) is 0 Å². The molecule has 0 aliphatic rings. The third-order valence-electron chi connectivity index (χ3n) is 4.19. The van der Waals surface area contributed by atoms with Gasteiger partial charge in [0, 0.05) is 12.0 Å². The van der Waals surface area contributed by atoms with Crippen molar-refractivity contribution in [3.8, 4) is 11.1 Å². The fourth-order valence-electron chi connectivity index (χ4n) is 2.80. The zero-order valence-corrected chi connectivity index (χ0v) is 17.9. The van der Waals surface area contributed by atoms with E-state index >= 15 is 0 Å². The molecule has 0 bridgehead atoms. The van der Waals surface area contributed by atoms with Crippen LogP contribution in [0.4, 0.5) is 0 Å². The van der Waals surface area contributed by atoms with E-state index in [9.17, 15) is 14.4 Å². The molecule has 2 aromatic rings. The second-order valence-electron chi connectivity index (χ2n) is 7.85. The van der Waals surface area contributed by atoms with E-state index < -0.39 is 29.5 Å². The maximum Gasteiger partial charge on any atom is 0.329 e. The Morgan fingerprint density at radius 2 is 1.53 bits per heavy atom. The average Bonchev–Trinajstić information content (AvgIpc) is 2.70. The number of carbonyl (C=O) groups excluding carboxylic acids is 3. The van der Waals surface area contributed by atoms with Crippen molar-refractivity contribution >= 4 is 17.8 Å². The third-order valence-corrected chi connectivity index (χ3v) is 4.19. The minimum Gasteiger partial charge on any atom is -0.466 e. The maximum absolute atomic E-state index is 12.7. The van der Waals surface area contributed by atoms with Gasteiger partial charge in [-0.1, -0.05) is 42.5 Å². The van der Waals surface area contributed by atoms with Crippen LogP contribution in [0.1, 0.15) is 50.9 Å². The quantitative estimate of drug-likeness (QED) is 0.661. The molecule has 6 heteroatoms. The molecule has 2 aromatic carbocycles. The van der Waals surface area contributed by atoms with Gasteiger partial charge in [-0.25, -0.2) is 4.79 Å². The molecule has 1 amide bonds. The van der Waals surface area contributed by atoms with Crippen molar-refractivity contribution in [3.05, 3.63) is 60.2 Å². The number of ether oxygens (including phenoxy) is 2. The number of hydrogen-bond donors (Lipinski definition) is 1. The Hall–Kier alpha value is -3.15. The first kappa shape index (κ1) is 23.1. The van der Waals surface area contributed by atoms with E-state index in [2.05, 4.69) is 5.32 Å². The molecule has 0 aliphatic carbocycles. The zero-order valence-electron chi connectivity index (χ0n) is 17.9. The molecule has 0 saturated carbocycles. The first-order chi connectivity index (χ1) is 14.2. The topological polar surface area (TPSA) is 81.7 Å². The summed E-state index contributed by atoms with van der Waals surface area (Å²) < 4.78 is 10.3. The summed E-state index contributed by atoms with van der Waals surface area (Å²) in [5, 5.41) is 2.69. The molecule has 1 N–H and O–H groups in total. The average molecular weight is 411 g/mol. The first-order valence-corrected chi connectivity index (χ1v) is 10.0. The maximum atomic E-state index is 12.7. The van der Waals surface area contributed by atoms with Crippen molar-refractivity contribution in [1.29, 1.82) is 0 Å². The number of benzene rings is 2. The minimum atomic E-state index is -0.949. The number of esters is 2. The van der Waals surface area contributed by atoms with Crippen LogP contribution in [0.2, 0.25) is 0 Å². The Balaban J connectivity index is 2.09. The Bertz CT molecular complexity index is 853. The van der Waals surface area contributed by atoms with Crippen LogP contribution in [0.3, 0.4) is 0 Å². The Kier molecular flexibility index (Phi) is 8.16. The van der Waals surface area contributed by atoms with Crippen LogP contribution in [0.25, 0.3) is 11.1 Å². The number of amides is 1. The van der Waals surface area contributed by atoms with Crippen LogP contribution in [0.15, 0.2) is 54.6 Å². The molecule has 0 aliphatic heterocycles. The monoisotopic (exact) mass is 411 g/mol. The fraction of sp³-hybridized carbons (Fsp3) is 0.375. The van der Waals surface area contributed by atoms with Crippen LogP contribution < -0.4 is 5.32 Å². The fourth-order valence-corrected chi connectivity index (χ4v) is 2.80. The molecule has 6 nitrogen and oxygen atoms in total. The van der Waals surface area contributed by atoms with Crippen LogP contribution in [-0.2, 0) is 19.1 Å². The molecule has 0 radical (unpaired) electrons. The predicted molar refractivity (Wildman–Crippen MR) is 115 cm³/mol. The normalized spacial score (nSPS) is 12.0. The molecular weight excluding hydrogens is 382 g/mol. The standard InChI is InChI=1S/C24H29NO5/c1-5-29-21(26)16-15-20(23(28)30-24(2,3)4)25-22(27)19-13-11-18(12-14-19)17-9-7-6-8-10-17/h6-14,20H,5,15-16H2,1-4H3,(H,25,27)/t20-/m0/s1. The molecule has 2 rings (SSSR count). The van der Waals surface area contributed by atoms with Crippen molar-refractivity contribution in [1.82, 2.24) is 5.32 Å². The largest absolute Gasteiger partial charge is 0.466 e. The highest BCUT2D eigenvalue weighted by molar-refractivity contribution is 5.97. The van der Waals surface area contributed by atoms with Gasteiger partial charge < -0.3 is 14.8 Å². The predicted octanol–water partition coefficient (Wildman–Crippen LogP) is 4.14. The lowest BCUT2D eigenvalue weighted by Gasteiger charge is -2.24. The van der Waals surface area contributed by atoms with Gasteiger partial charge in [-0.3, -0.25) is 9.59 Å². The van der Waals surface area contributed by atoms with E-state index in [1.807, 2.05) is 42.5 Å². The lowest BCUT2D eigenvalue weighted by molar-refractivity contribution is -0.157. The lowest BCUT2D eigenvalue weighted by atomic mass is 10.0. The van der Waals surface area contributed by atoms with E-state index in [0.29, 0.717) is 5.56 Å². The number of hydrogen-bond acceptors (Lipinski definition) is 5. The van der Waals surface area contributed by atoms with Crippen molar-refractivity contribution in [2.45, 2.75) is 52.2 Å². The van der Waals surface area contributed by atoms with Gasteiger partial charge in [0.15, 0.2) is 0 Å². The number of rotatable bonds is 8. The zero-order chi connectivity index (χ0) is 22.1. The molecule has 160 valence electrons. The number of nitrogens with one attached hydrogen (secondary N) is 1. The highest BCUT2D eigenvalue weighted by atomic mass is 16.6. The number of carbonyl (C=O) groups is 3. The van der Waals surface area contributed by atoms with Crippen LogP contribution >= 0.6 is 0 Å². The summed E-state index contributed by atoms with van der Waals surface area (Å²) >= 11 is 0. The van der Waals surface area contributed by atoms with E-state index in [1.165, 1.54) is 0 Å². The van der Waals surface area contributed by atoms with E-state index in [4.69, 9.17) is 9.47 Å². The molecule has 30 heavy (non-hydrogen) atoms. The molecular formula is C24H29NO5. The molecule has 0 aromatic heterocycles. The van der Waals surface area contributed by atoms with Crippen LogP contribution in [-0.4, -0.2) is 36.1 Å². The SMILES string of the molecule is CCOC(=O)CC[C@H](NC(=O)c1ccc(-c2ccccc2)cc1)C(=O)OC(C)(C)C. The third kappa shape index (κ3) is 7.35. The van der Waals surface area contributed by atoms with Gasteiger partial charge in [0.25, 0.3) is 5.91 Å². The molecule has 1 atom stereocenters. The molecule has 0 fully saturated rings. The Morgan fingerprint density at radius 1 is 0.933 bits per heavy atom. The Morgan fingerprint density at radius 3 is 2.10 bits per heavy atom. The van der Waals surface area contributed by atoms with Gasteiger partial charge in [0.05, 0.1) is 6.61 Å². The highest BCUT2D eigenvalue weighted by Crippen LogP contribution is 2.19. The second-order valence-corrected chi connectivity index (χ2v) is 7.85. The van der Waals surface area contributed by atoms with Gasteiger partial charge in [0.1, 0.15) is 11.6 Å². The lowest BCUT2D eigenvalue weighted by Crippen LogP contribution is -2.44. The van der Waals surface area contributed by atoms with E-state index in [0.717, 1.165) is 11.1 Å². The van der Waals surface area contributed by atoms with Crippen molar-refractivity contribution in [3.63, 3.8) is 0 Å². The summed E-state index contributed by atoms with van der Waals surface area (Å²) in [4.78, 5) is 37.0. The smallest absolute Gasteiger partial charge is 0.329 e. The minimum absolute atomic E-state index is 0.00494. The van der Waals surface area contributed by atoms with Crippen LogP contribution in [0, 0.1) is 0 Å². The Labute approximate surface area is 177 Å². The molecule has 0 spiro atoms. The van der Waals surface area contributed by atoms with Gasteiger partial charge in [-0.2, -0.15) is 0 Å². The van der Waals surface area contributed by atoms with Gasteiger partial charge in [-0.05, 0) is 57.4 Å². The summed E-state index contributed by atoms with van der Waals surface area (Å²) in [7, 11) is 0.